The van der Waals surface area contributed by atoms with Gasteiger partial charge in [0.25, 0.3) is 5.89 Å². The molecule has 3 heterocycles. The first-order valence-electron chi connectivity index (χ1n) is 11.0. The van der Waals surface area contributed by atoms with Crippen molar-refractivity contribution < 1.29 is 18.1 Å². The summed E-state index contributed by atoms with van der Waals surface area (Å²) in [6.07, 6.45) is 2.12. The number of para-hydroxylation sites is 1. The van der Waals surface area contributed by atoms with E-state index in [4.69, 9.17) is 4.52 Å². The molecule has 1 saturated heterocycles. The zero-order valence-corrected chi connectivity index (χ0v) is 18.5. The second-order valence-corrected chi connectivity index (χ2v) is 8.30. The smallest absolute Gasteiger partial charge is 0.280 e. The van der Waals surface area contributed by atoms with Gasteiger partial charge in [0.1, 0.15) is 17.3 Å². The zero-order valence-electron chi connectivity index (χ0n) is 18.5. The van der Waals surface area contributed by atoms with Crippen molar-refractivity contribution in [2.24, 2.45) is 5.92 Å². The van der Waals surface area contributed by atoms with E-state index in [1.54, 1.807) is 43.3 Å². The molecule has 0 N–H and O–H groups in total. The summed E-state index contributed by atoms with van der Waals surface area (Å²) < 4.78 is 35.7. The zero-order chi connectivity index (χ0) is 23.7. The highest BCUT2D eigenvalue weighted by atomic mass is 19.1. The predicted molar refractivity (Wildman–Crippen MR) is 119 cm³/mol. The van der Waals surface area contributed by atoms with Gasteiger partial charge in [-0.05, 0) is 49.4 Å². The lowest BCUT2D eigenvalue weighted by atomic mass is 9.91. The Bertz CT molecular complexity index is 1330. The number of hydrogen-bond donors (Lipinski definition) is 0. The molecule has 5 rings (SSSR count). The number of hydrogen-bond acceptors (Lipinski definition) is 6. The molecule has 34 heavy (non-hydrogen) atoms. The van der Waals surface area contributed by atoms with Crippen LogP contribution in [0.1, 0.15) is 25.5 Å². The van der Waals surface area contributed by atoms with Gasteiger partial charge in [0, 0.05) is 20.0 Å². The highest BCUT2D eigenvalue weighted by molar-refractivity contribution is 5.73. The van der Waals surface area contributed by atoms with Crippen LogP contribution in [0.2, 0.25) is 0 Å². The topological polar surface area (TPSA) is 89.9 Å². The molecule has 0 radical (unpaired) electrons. The van der Waals surface area contributed by atoms with E-state index >= 15 is 0 Å². The van der Waals surface area contributed by atoms with Gasteiger partial charge < -0.3 is 9.42 Å². The van der Waals surface area contributed by atoms with Crippen molar-refractivity contribution in [1.82, 2.24) is 30.0 Å². The van der Waals surface area contributed by atoms with Gasteiger partial charge in [-0.2, -0.15) is 4.98 Å². The SMILES string of the molecule is CC(=O)N1CCC(Cc2c(-c3nc(-c4ccccc4F)no3)nnn2-c2ccccc2F)CC1. The first-order chi connectivity index (χ1) is 16.5. The van der Waals surface area contributed by atoms with Gasteiger partial charge >= 0.3 is 0 Å². The fraction of sp³-hybridized carbons (Fsp3) is 0.292. The third kappa shape index (κ3) is 4.18. The number of halogens is 2. The second-order valence-electron chi connectivity index (χ2n) is 8.30. The molecule has 1 amide bonds. The highest BCUT2D eigenvalue weighted by Crippen LogP contribution is 2.30. The molecule has 0 atom stereocenters. The number of benzene rings is 2. The molecule has 4 aromatic rings. The molecule has 2 aromatic carbocycles. The lowest BCUT2D eigenvalue weighted by Gasteiger charge is -2.31. The fourth-order valence-corrected chi connectivity index (χ4v) is 4.26. The lowest BCUT2D eigenvalue weighted by Crippen LogP contribution is -2.37. The normalized spacial score (nSPS) is 14.5. The minimum Gasteiger partial charge on any atom is -0.343 e. The Morgan fingerprint density at radius 2 is 1.76 bits per heavy atom. The number of piperidine rings is 1. The molecular weight excluding hydrogens is 442 g/mol. The molecule has 10 heteroatoms. The number of carbonyl (C=O) groups is 1. The van der Waals surface area contributed by atoms with E-state index in [0.717, 1.165) is 12.8 Å². The molecule has 8 nitrogen and oxygen atoms in total. The highest BCUT2D eigenvalue weighted by Gasteiger charge is 2.28. The van der Waals surface area contributed by atoms with Crippen molar-refractivity contribution in [2.75, 3.05) is 13.1 Å². The molecule has 0 saturated carbocycles. The summed E-state index contributed by atoms with van der Waals surface area (Å²) in [6.45, 7) is 2.89. The van der Waals surface area contributed by atoms with Crippen LogP contribution in [0.15, 0.2) is 53.1 Å². The van der Waals surface area contributed by atoms with Crippen molar-refractivity contribution in [3.63, 3.8) is 0 Å². The van der Waals surface area contributed by atoms with Gasteiger partial charge in [0.15, 0.2) is 5.69 Å². The van der Waals surface area contributed by atoms with E-state index in [2.05, 4.69) is 20.5 Å². The standard InChI is InChI=1S/C24H22F2N6O2/c1-15(33)31-12-10-16(11-13-31)14-21-22(28-30-32(21)20-9-5-4-8-19(20)26)24-27-23(29-34-24)17-6-2-3-7-18(17)25/h2-9,16H,10-14H2,1H3. The average Bonchev–Trinajstić information content (AvgIpc) is 3.47. The summed E-state index contributed by atoms with van der Waals surface area (Å²) in [5, 5.41) is 12.3. The van der Waals surface area contributed by atoms with Crippen molar-refractivity contribution in [3.8, 4) is 28.7 Å². The number of aromatic nitrogens is 5. The summed E-state index contributed by atoms with van der Waals surface area (Å²) in [5.74, 6) is -0.450. The Balaban J connectivity index is 1.51. The van der Waals surface area contributed by atoms with E-state index in [1.807, 2.05) is 4.90 Å². The third-order valence-corrected chi connectivity index (χ3v) is 6.13. The third-order valence-electron chi connectivity index (χ3n) is 6.13. The molecule has 1 fully saturated rings. The molecule has 174 valence electrons. The maximum Gasteiger partial charge on any atom is 0.280 e. The second kappa shape index (κ2) is 9.12. The molecule has 0 bridgehead atoms. The van der Waals surface area contributed by atoms with Crippen LogP contribution in [0.25, 0.3) is 28.7 Å². The minimum atomic E-state index is -0.470. The summed E-state index contributed by atoms with van der Waals surface area (Å²) in [7, 11) is 0. The van der Waals surface area contributed by atoms with Crippen LogP contribution < -0.4 is 0 Å². The van der Waals surface area contributed by atoms with Gasteiger partial charge in [0.05, 0.1) is 11.3 Å². The first-order valence-corrected chi connectivity index (χ1v) is 11.0. The minimum absolute atomic E-state index is 0.0590. The number of likely N-dealkylation sites (tertiary alicyclic amines) is 1. The van der Waals surface area contributed by atoms with E-state index < -0.39 is 11.6 Å². The molecule has 1 aliphatic rings. The van der Waals surface area contributed by atoms with Gasteiger partial charge in [0.2, 0.25) is 11.7 Å². The van der Waals surface area contributed by atoms with Gasteiger partial charge in [-0.25, -0.2) is 13.5 Å². The Hall–Kier alpha value is -3.95. The van der Waals surface area contributed by atoms with E-state index in [9.17, 15) is 13.6 Å². The van der Waals surface area contributed by atoms with E-state index in [-0.39, 0.29) is 34.8 Å². The van der Waals surface area contributed by atoms with Crippen LogP contribution in [0.4, 0.5) is 8.78 Å². The fourth-order valence-electron chi connectivity index (χ4n) is 4.26. The lowest BCUT2D eigenvalue weighted by molar-refractivity contribution is -0.130. The van der Waals surface area contributed by atoms with Gasteiger partial charge in [-0.3, -0.25) is 4.79 Å². The molecular formula is C24H22F2N6O2. The predicted octanol–water partition coefficient (Wildman–Crippen LogP) is 4.06. The summed E-state index contributed by atoms with van der Waals surface area (Å²) in [6, 6.07) is 12.4. The molecule has 0 aliphatic carbocycles. The van der Waals surface area contributed by atoms with Crippen LogP contribution in [-0.2, 0) is 11.2 Å². The van der Waals surface area contributed by atoms with Crippen LogP contribution in [0, 0.1) is 17.6 Å². The van der Waals surface area contributed by atoms with Crippen molar-refractivity contribution in [1.29, 1.82) is 0 Å². The Morgan fingerprint density at radius 3 is 2.47 bits per heavy atom. The van der Waals surface area contributed by atoms with Crippen molar-refractivity contribution >= 4 is 5.91 Å². The number of rotatable bonds is 5. The maximum absolute atomic E-state index is 14.6. The molecule has 0 spiro atoms. The van der Waals surface area contributed by atoms with Gasteiger partial charge in [-0.1, -0.05) is 34.6 Å². The Labute approximate surface area is 194 Å². The molecule has 0 unspecified atom stereocenters. The summed E-state index contributed by atoms with van der Waals surface area (Å²) in [5.41, 5.74) is 1.41. The number of nitrogens with zero attached hydrogens (tertiary/aromatic N) is 6. The first kappa shape index (κ1) is 21.9. The average molecular weight is 464 g/mol. The van der Waals surface area contributed by atoms with Gasteiger partial charge in [-0.15, -0.1) is 5.10 Å². The van der Waals surface area contributed by atoms with E-state index in [1.165, 1.54) is 16.8 Å². The Kier molecular flexibility index (Phi) is 5.87. The Morgan fingerprint density at radius 1 is 1.06 bits per heavy atom. The largest absolute Gasteiger partial charge is 0.343 e. The summed E-state index contributed by atoms with van der Waals surface area (Å²) in [4.78, 5) is 17.9. The molecule has 1 aliphatic heterocycles. The number of carbonyl (C=O) groups excluding carboxylic acids is 1. The van der Waals surface area contributed by atoms with Crippen molar-refractivity contribution in [3.05, 3.63) is 65.9 Å². The van der Waals surface area contributed by atoms with Crippen LogP contribution in [0.5, 0.6) is 0 Å². The maximum atomic E-state index is 14.6. The van der Waals surface area contributed by atoms with Crippen molar-refractivity contribution in [2.45, 2.75) is 26.2 Å². The monoisotopic (exact) mass is 464 g/mol. The van der Waals surface area contributed by atoms with Crippen LogP contribution in [0.3, 0.4) is 0 Å². The summed E-state index contributed by atoms with van der Waals surface area (Å²) >= 11 is 0. The van der Waals surface area contributed by atoms with Crippen LogP contribution in [-0.4, -0.2) is 49.0 Å². The van der Waals surface area contributed by atoms with E-state index in [0.29, 0.717) is 30.9 Å². The molecule has 2 aromatic heterocycles. The number of amides is 1. The quantitative estimate of drug-likeness (QED) is 0.442. The van der Waals surface area contributed by atoms with Crippen LogP contribution >= 0.6 is 0 Å².